The average Bonchev–Trinajstić information content (AvgIpc) is 2.37. The summed E-state index contributed by atoms with van der Waals surface area (Å²) in [7, 11) is 0. The zero-order valence-electron chi connectivity index (χ0n) is 11.9. The number of hydrogen-bond acceptors (Lipinski definition) is 2. The van der Waals surface area contributed by atoms with Gasteiger partial charge in [0, 0.05) is 17.8 Å². The topological polar surface area (TPSA) is 27.3 Å². The maximum absolute atomic E-state index is 5.39. The molecule has 0 unspecified atom stereocenters. The molecule has 0 radical (unpaired) electrons. The fourth-order valence-corrected chi connectivity index (χ4v) is 2.78. The van der Waals surface area contributed by atoms with Crippen molar-refractivity contribution in [3.05, 3.63) is 29.8 Å². The number of hydrogen-bond donors (Lipinski definition) is 2. The first-order chi connectivity index (χ1) is 9.06. The Balaban J connectivity index is 1.91. The Morgan fingerprint density at radius 3 is 2.32 bits per heavy atom. The van der Waals surface area contributed by atoms with Crippen LogP contribution in [0.1, 0.15) is 38.7 Å². The molecule has 19 heavy (non-hydrogen) atoms. The van der Waals surface area contributed by atoms with Gasteiger partial charge in [0.05, 0.1) is 0 Å². The van der Waals surface area contributed by atoms with Crippen molar-refractivity contribution in [2.45, 2.75) is 52.1 Å². The predicted molar refractivity (Wildman–Crippen MR) is 85.1 cm³/mol. The lowest BCUT2D eigenvalue weighted by Gasteiger charge is -2.39. The summed E-state index contributed by atoms with van der Waals surface area (Å²) in [5, 5.41) is 6.18. The molecular weight excluding hydrogens is 254 g/mol. The van der Waals surface area contributed by atoms with Crippen LogP contribution < -0.4 is 10.7 Å². The van der Waals surface area contributed by atoms with E-state index >= 15 is 0 Å². The molecule has 0 saturated carbocycles. The summed E-state index contributed by atoms with van der Waals surface area (Å²) in [5.74, 6) is 0. The van der Waals surface area contributed by atoms with Gasteiger partial charge in [-0.2, -0.15) is 0 Å². The monoisotopic (exact) mass is 277 g/mol. The van der Waals surface area contributed by atoms with Crippen LogP contribution in [0.25, 0.3) is 0 Å². The van der Waals surface area contributed by atoms with Crippen molar-refractivity contribution in [2.24, 2.45) is 0 Å². The number of nitrogens with zero attached hydrogens (tertiary/aromatic N) is 1. The van der Waals surface area contributed by atoms with Crippen molar-refractivity contribution in [3.8, 4) is 0 Å². The lowest BCUT2D eigenvalue weighted by atomic mass is 10.00. The first-order valence-electron chi connectivity index (χ1n) is 6.99. The summed E-state index contributed by atoms with van der Waals surface area (Å²) in [6.07, 6.45) is 3.76. The molecule has 0 aromatic heterocycles. The van der Waals surface area contributed by atoms with Crippen molar-refractivity contribution in [1.29, 1.82) is 0 Å². The number of piperidine rings is 1. The standard InChI is InChI=1S/C15H23N3S/c1-11-7-9-14(10-8-11)16-15(19)17-18-12(2)5-4-6-13(18)3/h7-10,12-13H,4-6H2,1-3H3,(H2,16,17,19)/t12-,13-/m1/s1. The first-order valence-corrected chi connectivity index (χ1v) is 7.39. The summed E-state index contributed by atoms with van der Waals surface area (Å²) in [5.41, 5.74) is 5.62. The Kier molecular flexibility index (Phi) is 4.77. The normalized spacial score (nSPS) is 23.9. The second-order valence-corrected chi connectivity index (χ2v) is 5.88. The summed E-state index contributed by atoms with van der Waals surface area (Å²) >= 11 is 5.39. The van der Waals surface area contributed by atoms with Gasteiger partial charge in [0.2, 0.25) is 0 Å². The molecule has 3 nitrogen and oxygen atoms in total. The molecule has 1 aromatic carbocycles. The molecule has 0 aliphatic carbocycles. The fourth-order valence-electron chi connectivity index (χ4n) is 2.55. The third kappa shape index (κ3) is 3.91. The first kappa shape index (κ1) is 14.3. The molecular formula is C15H23N3S. The van der Waals surface area contributed by atoms with Crippen LogP contribution in [0.4, 0.5) is 5.69 Å². The molecule has 2 atom stereocenters. The lowest BCUT2D eigenvalue weighted by molar-refractivity contribution is 0.0750. The molecule has 1 fully saturated rings. The third-order valence-corrected chi connectivity index (χ3v) is 3.93. The van der Waals surface area contributed by atoms with Crippen molar-refractivity contribution in [3.63, 3.8) is 0 Å². The Bertz CT molecular complexity index is 420. The highest BCUT2D eigenvalue weighted by Crippen LogP contribution is 2.20. The number of rotatable bonds is 2. The summed E-state index contributed by atoms with van der Waals surface area (Å²) in [4.78, 5) is 0. The van der Waals surface area contributed by atoms with E-state index in [2.05, 4.69) is 48.7 Å². The second kappa shape index (κ2) is 6.35. The zero-order chi connectivity index (χ0) is 13.8. The van der Waals surface area contributed by atoms with Gasteiger partial charge in [0.15, 0.2) is 5.11 Å². The molecule has 104 valence electrons. The van der Waals surface area contributed by atoms with Crippen LogP contribution in [0.15, 0.2) is 24.3 Å². The van der Waals surface area contributed by atoms with Crippen LogP contribution in [-0.4, -0.2) is 22.2 Å². The highest BCUT2D eigenvalue weighted by molar-refractivity contribution is 7.80. The molecule has 4 heteroatoms. The van der Waals surface area contributed by atoms with Crippen molar-refractivity contribution in [1.82, 2.24) is 10.4 Å². The number of anilines is 1. The zero-order valence-corrected chi connectivity index (χ0v) is 12.8. The molecule has 1 heterocycles. The van der Waals surface area contributed by atoms with E-state index in [0.717, 1.165) is 5.69 Å². The molecule has 1 aliphatic rings. The lowest BCUT2D eigenvalue weighted by Crippen LogP contribution is -2.55. The van der Waals surface area contributed by atoms with E-state index in [1.54, 1.807) is 0 Å². The van der Waals surface area contributed by atoms with E-state index in [1.807, 2.05) is 12.1 Å². The molecule has 1 aliphatic heterocycles. The minimum Gasteiger partial charge on any atom is -0.332 e. The van der Waals surface area contributed by atoms with E-state index in [-0.39, 0.29) is 0 Å². The number of hydrazine groups is 1. The summed E-state index contributed by atoms with van der Waals surface area (Å²) < 4.78 is 0. The van der Waals surface area contributed by atoms with E-state index in [9.17, 15) is 0 Å². The Morgan fingerprint density at radius 1 is 1.16 bits per heavy atom. The maximum atomic E-state index is 5.39. The molecule has 2 N–H and O–H groups in total. The number of thiocarbonyl (C=S) groups is 1. The van der Waals surface area contributed by atoms with Crippen LogP contribution >= 0.6 is 12.2 Å². The number of benzene rings is 1. The van der Waals surface area contributed by atoms with Crippen molar-refractivity contribution < 1.29 is 0 Å². The van der Waals surface area contributed by atoms with Crippen molar-refractivity contribution in [2.75, 3.05) is 5.32 Å². The highest BCUT2D eigenvalue weighted by Gasteiger charge is 2.25. The predicted octanol–water partition coefficient (Wildman–Crippen LogP) is 3.46. The van der Waals surface area contributed by atoms with E-state index < -0.39 is 0 Å². The summed E-state index contributed by atoms with van der Waals surface area (Å²) in [6.45, 7) is 6.58. The van der Waals surface area contributed by atoms with Gasteiger partial charge in [-0.3, -0.25) is 5.43 Å². The molecule has 0 bridgehead atoms. The largest absolute Gasteiger partial charge is 0.332 e. The maximum Gasteiger partial charge on any atom is 0.185 e. The second-order valence-electron chi connectivity index (χ2n) is 5.47. The molecule has 1 saturated heterocycles. The third-order valence-electron chi connectivity index (χ3n) is 3.73. The van der Waals surface area contributed by atoms with Crippen LogP contribution in [0, 0.1) is 6.92 Å². The quantitative estimate of drug-likeness (QED) is 0.810. The van der Waals surface area contributed by atoms with Crippen LogP contribution in [0.5, 0.6) is 0 Å². The Labute approximate surface area is 121 Å². The highest BCUT2D eigenvalue weighted by atomic mass is 32.1. The van der Waals surface area contributed by atoms with Crippen LogP contribution in [0.2, 0.25) is 0 Å². The molecule has 0 spiro atoms. The number of nitrogens with one attached hydrogen (secondary N) is 2. The Hall–Kier alpha value is -1.13. The van der Waals surface area contributed by atoms with Gasteiger partial charge < -0.3 is 5.32 Å². The van der Waals surface area contributed by atoms with E-state index in [4.69, 9.17) is 12.2 Å². The SMILES string of the molecule is Cc1ccc(NC(=S)NN2[C@H](C)CCC[C@H]2C)cc1. The summed E-state index contributed by atoms with van der Waals surface area (Å²) in [6, 6.07) is 9.32. The van der Waals surface area contributed by atoms with Gasteiger partial charge in [0.1, 0.15) is 0 Å². The van der Waals surface area contributed by atoms with Crippen LogP contribution in [0.3, 0.4) is 0 Å². The van der Waals surface area contributed by atoms with Gasteiger partial charge in [0.25, 0.3) is 0 Å². The van der Waals surface area contributed by atoms with Gasteiger partial charge in [-0.15, -0.1) is 0 Å². The van der Waals surface area contributed by atoms with E-state index in [1.165, 1.54) is 24.8 Å². The fraction of sp³-hybridized carbons (Fsp3) is 0.533. The minimum atomic E-state index is 0.529. The molecule has 2 rings (SSSR count). The average molecular weight is 277 g/mol. The smallest absolute Gasteiger partial charge is 0.185 e. The van der Waals surface area contributed by atoms with E-state index in [0.29, 0.717) is 17.2 Å². The Morgan fingerprint density at radius 2 is 1.74 bits per heavy atom. The van der Waals surface area contributed by atoms with Gasteiger partial charge in [-0.1, -0.05) is 24.1 Å². The van der Waals surface area contributed by atoms with Gasteiger partial charge in [-0.05, 0) is 58.0 Å². The molecule has 1 aromatic rings. The minimum absolute atomic E-state index is 0.529. The number of aryl methyl sites for hydroxylation is 1. The van der Waals surface area contributed by atoms with Crippen LogP contribution in [-0.2, 0) is 0 Å². The van der Waals surface area contributed by atoms with Crippen molar-refractivity contribution >= 4 is 23.0 Å². The molecule has 0 amide bonds. The van der Waals surface area contributed by atoms with Gasteiger partial charge in [-0.25, -0.2) is 5.01 Å². The van der Waals surface area contributed by atoms with Gasteiger partial charge >= 0.3 is 0 Å².